The molecule has 1 aliphatic heterocycles. The number of nitrogens with two attached hydrogens (primary N) is 1. The van der Waals surface area contributed by atoms with Crippen molar-refractivity contribution in [2.24, 2.45) is 15.8 Å². The van der Waals surface area contributed by atoms with Crippen LogP contribution in [0.15, 0.2) is 52.1 Å². The number of benzene rings is 2. The minimum absolute atomic E-state index is 0.00621. The normalized spacial score (nSPS) is 13.4. The second-order valence-electron chi connectivity index (χ2n) is 10.3. The Hall–Kier alpha value is -3.78. The molecule has 38 heavy (non-hydrogen) atoms. The van der Waals surface area contributed by atoms with Gasteiger partial charge < -0.3 is 15.7 Å². The van der Waals surface area contributed by atoms with Gasteiger partial charge in [-0.1, -0.05) is 38.1 Å². The molecule has 8 nitrogen and oxygen atoms in total. The number of hydrogen-bond donors (Lipinski definition) is 2. The maximum Gasteiger partial charge on any atom is 0.250 e. The molecule has 0 radical (unpaired) electrons. The zero-order chi connectivity index (χ0) is 27.9. The predicted molar refractivity (Wildman–Crippen MR) is 155 cm³/mol. The third-order valence-electron chi connectivity index (χ3n) is 6.10. The Morgan fingerprint density at radius 3 is 2.39 bits per heavy atom. The van der Waals surface area contributed by atoms with Crippen LogP contribution in [0.1, 0.15) is 68.4 Å². The molecule has 202 valence electrons. The molecule has 0 bridgehead atoms. The lowest BCUT2D eigenvalue weighted by Gasteiger charge is -2.23. The molecule has 0 saturated heterocycles. The lowest BCUT2D eigenvalue weighted by Crippen LogP contribution is -2.34. The van der Waals surface area contributed by atoms with Gasteiger partial charge in [-0.15, -0.1) is 0 Å². The van der Waals surface area contributed by atoms with E-state index in [1.54, 1.807) is 38.2 Å². The second-order valence-corrected chi connectivity index (χ2v) is 10.3. The van der Waals surface area contributed by atoms with Gasteiger partial charge >= 0.3 is 0 Å². The average Bonchev–Trinajstić information content (AvgIpc) is 3.03. The van der Waals surface area contributed by atoms with E-state index in [4.69, 9.17) is 5.73 Å². The number of likely N-dealkylation sites (N-methyl/N-ethyl adjacent to an activating group) is 1. The lowest BCUT2D eigenvalue weighted by atomic mass is 9.97. The minimum Gasteiger partial charge on any atom is -0.389 e. The van der Waals surface area contributed by atoms with Crippen molar-refractivity contribution in [1.82, 2.24) is 9.91 Å². The summed E-state index contributed by atoms with van der Waals surface area (Å²) in [5, 5.41) is 16.0. The van der Waals surface area contributed by atoms with Crippen molar-refractivity contribution in [2.45, 2.75) is 52.6 Å². The van der Waals surface area contributed by atoms with Crippen LogP contribution in [0.3, 0.4) is 0 Å². The van der Waals surface area contributed by atoms with E-state index in [1.807, 2.05) is 41.3 Å². The SMILES string of the molecule is CCCN(CCC)C(=O)C1=Cc2ccc(-c3ccc(C=O)c(/C=N\N(C)CC(C)(C)O)c3)cc2N=C(N)C1. The van der Waals surface area contributed by atoms with Crippen molar-refractivity contribution < 1.29 is 14.7 Å². The van der Waals surface area contributed by atoms with E-state index in [1.165, 1.54) is 0 Å². The number of hydrogen-bond acceptors (Lipinski definition) is 7. The van der Waals surface area contributed by atoms with Crippen molar-refractivity contribution >= 4 is 36.0 Å². The molecule has 1 aliphatic rings. The van der Waals surface area contributed by atoms with Gasteiger partial charge in [0.2, 0.25) is 5.91 Å². The van der Waals surface area contributed by atoms with Crippen molar-refractivity contribution in [1.29, 1.82) is 0 Å². The number of rotatable bonds is 11. The number of fused-ring (bicyclic) bond motifs is 1. The van der Waals surface area contributed by atoms with Crippen molar-refractivity contribution in [3.63, 3.8) is 0 Å². The molecule has 0 aromatic heterocycles. The predicted octanol–water partition coefficient (Wildman–Crippen LogP) is 4.63. The Morgan fingerprint density at radius 2 is 1.76 bits per heavy atom. The van der Waals surface area contributed by atoms with Crippen LogP contribution in [0.4, 0.5) is 5.69 Å². The first-order chi connectivity index (χ1) is 18.0. The minimum atomic E-state index is -0.894. The molecule has 1 amide bonds. The quantitative estimate of drug-likeness (QED) is 0.256. The molecule has 3 N–H and O–H groups in total. The van der Waals surface area contributed by atoms with Gasteiger partial charge in [0.25, 0.3) is 0 Å². The summed E-state index contributed by atoms with van der Waals surface area (Å²) in [5.41, 5.74) is 10.5. The molecule has 0 aliphatic carbocycles. The van der Waals surface area contributed by atoms with Gasteiger partial charge in [0.05, 0.1) is 24.0 Å². The van der Waals surface area contributed by atoms with Crippen LogP contribution >= 0.6 is 0 Å². The molecule has 0 saturated carbocycles. The number of aldehydes is 1. The lowest BCUT2D eigenvalue weighted by molar-refractivity contribution is -0.127. The van der Waals surface area contributed by atoms with Crippen LogP contribution in [0, 0.1) is 0 Å². The number of nitrogens with zero attached hydrogens (tertiary/aromatic N) is 4. The smallest absolute Gasteiger partial charge is 0.250 e. The molecule has 2 aromatic carbocycles. The largest absolute Gasteiger partial charge is 0.389 e. The van der Waals surface area contributed by atoms with Crippen molar-refractivity contribution in [3.05, 3.63) is 58.7 Å². The van der Waals surface area contributed by atoms with Gasteiger partial charge in [-0.2, -0.15) is 5.10 Å². The van der Waals surface area contributed by atoms with E-state index in [2.05, 4.69) is 23.9 Å². The summed E-state index contributed by atoms with van der Waals surface area (Å²) >= 11 is 0. The molecule has 0 atom stereocenters. The van der Waals surface area contributed by atoms with Crippen LogP contribution < -0.4 is 5.73 Å². The molecule has 1 heterocycles. The summed E-state index contributed by atoms with van der Waals surface area (Å²) in [6.07, 6.45) is 6.42. The monoisotopic (exact) mass is 517 g/mol. The third kappa shape index (κ3) is 7.61. The molecule has 3 rings (SSSR count). The molecule has 0 unspecified atom stereocenters. The van der Waals surface area contributed by atoms with Crippen LogP contribution in [0.25, 0.3) is 17.2 Å². The summed E-state index contributed by atoms with van der Waals surface area (Å²) in [6, 6.07) is 11.4. The molecular formula is C30H39N5O3. The number of carbonyl (C=O) groups is 2. The molecular weight excluding hydrogens is 478 g/mol. The van der Waals surface area contributed by atoms with Crippen molar-refractivity contribution in [2.75, 3.05) is 26.7 Å². The highest BCUT2D eigenvalue weighted by Crippen LogP contribution is 2.32. The maximum absolute atomic E-state index is 13.2. The number of carbonyl (C=O) groups excluding carboxylic acids is 2. The number of amidine groups is 1. The first-order valence-electron chi connectivity index (χ1n) is 13.1. The van der Waals surface area contributed by atoms with Crippen LogP contribution in [0.2, 0.25) is 0 Å². The Kier molecular flexibility index (Phi) is 9.58. The number of amides is 1. The van der Waals surface area contributed by atoms with E-state index in [9.17, 15) is 14.7 Å². The fraction of sp³-hybridized carbons (Fsp3) is 0.400. The summed E-state index contributed by atoms with van der Waals surface area (Å²) in [6.45, 7) is 9.32. The second kappa shape index (κ2) is 12.6. The van der Waals surface area contributed by atoms with E-state index >= 15 is 0 Å². The number of hydrazone groups is 1. The zero-order valence-corrected chi connectivity index (χ0v) is 23.1. The molecule has 0 spiro atoms. The Bertz CT molecular complexity index is 1250. The topological polar surface area (TPSA) is 112 Å². The Labute approximate surface area is 225 Å². The van der Waals surface area contributed by atoms with Gasteiger partial charge in [-0.05, 0) is 56.0 Å². The molecule has 8 heteroatoms. The highest BCUT2D eigenvalue weighted by Gasteiger charge is 2.21. The first-order valence-corrected chi connectivity index (χ1v) is 13.1. The summed E-state index contributed by atoms with van der Waals surface area (Å²) in [7, 11) is 1.77. The van der Waals surface area contributed by atoms with E-state index in [0.29, 0.717) is 54.3 Å². The van der Waals surface area contributed by atoms with E-state index in [0.717, 1.165) is 35.8 Å². The number of aliphatic imine (C=N–C) groups is 1. The van der Waals surface area contributed by atoms with Crippen molar-refractivity contribution in [3.8, 4) is 11.1 Å². The van der Waals surface area contributed by atoms with Crippen LogP contribution in [-0.4, -0.2) is 71.5 Å². The summed E-state index contributed by atoms with van der Waals surface area (Å²) < 4.78 is 0. The fourth-order valence-electron chi connectivity index (χ4n) is 4.50. The van der Waals surface area contributed by atoms with Gasteiger partial charge in [-0.3, -0.25) is 14.6 Å². The molecule has 2 aromatic rings. The van der Waals surface area contributed by atoms with Gasteiger partial charge in [0, 0.05) is 48.8 Å². The first kappa shape index (κ1) is 28.8. The highest BCUT2D eigenvalue weighted by molar-refractivity contribution is 6.05. The van der Waals surface area contributed by atoms with Crippen LogP contribution in [-0.2, 0) is 4.79 Å². The van der Waals surface area contributed by atoms with Gasteiger partial charge in [0.15, 0.2) is 6.29 Å². The Morgan fingerprint density at radius 1 is 1.11 bits per heavy atom. The maximum atomic E-state index is 13.2. The standard InChI is InChI=1S/C30H39N5O3/c1-6-12-35(13-7-2)29(37)25-15-23-10-8-22(16-27(23)33-28(31)17-25)21-9-11-24(19-36)26(14-21)18-32-34(5)20-30(3,4)38/h8-11,14-16,18-19,38H,6-7,12-13,17,20H2,1-5H3,(H2,31,33)/b32-18-. The Balaban J connectivity index is 1.95. The van der Waals surface area contributed by atoms with Gasteiger partial charge in [0.1, 0.15) is 5.84 Å². The van der Waals surface area contributed by atoms with E-state index < -0.39 is 5.60 Å². The summed E-state index contributed by atoms with van der Waals surface area (Å²) in [4.78, 5) is 31.4. The highest BCUT2D eigenvalue weighted by atomic mass is 16.3. The average molecular weight is 518 g/mol. The third-order valence-corrected chi connectivity index (χ3v) is 6.10. The zero-order valence-electron chi connectivity index (χ0n) is 23.1. The number of aliphatic hydroxyl groups is 1. The molecule has 0 fully saturated rings. The van der Waals surface area contributed by atoms with Crippen LogP contribution in [0.5, 0.6) is 0 Å². The van der Waals surface area contributed by atoms with Gasteiger partial charge in [-0.25, -0.2) is 4.99 Å². The fourth-order valence-corrected chi connectivity index (χ4v) is 4.50. The summed E-state index contributed by atoms with van der Waals surface area (Å²) in [5.74, 6) is 0.402. The van der Waals surface area contributed by atoms with E-state index in [-0.39, 0.29) is 5.91 Å².